The van der Waals surface area contributed by atoms with E-state index in [4.69, 9.17) is 9.47 Å². The van der Waals surface area contributed by atoms with Crippen molar-refractivity contribution in [3.05, 3.63) is 119 Å². The molecule has 0 bridgehead atoms. The Morgan fingerprint density at radius 1 is 0.658 bits per heavy atom. The van der Waals surface area contributed by atoms with Gasteiger partial charge in [-0.1, -0.05) is 60.7 Å². The summed E-state index contributed by atoms with van der Waals surface area (Å²) >= 11 is 0. The highest BCUT2D eigenvalue weighted by molar-refractivity contribution is 6.17. The zero-order valence-corrected chi connectivity index (χ0v) is 21.9. The molecular weight excluding hydrogens is 474 g/mol. The smallest absolute Gasteiger partial charge is 0.193 e. The van der Waals surface area contributed by atoms with Crippen LogP contribution in [0.25, 0.3) is 21.8 Å². The van der Waals surface area contributed by atoms with Gasteiger partial charge in [-0.25, -0.2) is 0 Å². The zero-order valence-electron chi connectivity index (χ0n) is 21.9. The van der Waals surface area contributed by atoms with Crippen molar-refractivity contribution in [1.82, 2.24) is 4.57 Å². The summed E-state index contributed by atoms with van der Waals surface area (Å²) in [5.74, 6) is -0.0645. The van der Waals surface area contributed by atoms with E-state index >= 15 is 0 Å². The van der Waals surface area contributed by atoms with Crippen LogP contribution in [0.4, 0.5) is 0 Å². The molecule has 5 heteroatoms. The molecule has 0 saturated heterocycles. The number of hydrogen-bond donors (Lipinski definition) is 0. The quantitative estimate of drug-likeness (QED) is 0.198. The normalized spacial score (nSPS) is 13.0. The number of aromatic nitrogens is 1. The number of fused-ring (bicyclic) bond motifs is 3. The summed E-state index contributed by atoms with van der Waals surface area (Å²) in [4.78, 5) is 26.5. The highest BCUT2D eigenvalue weighted by Crippen LogP contribution is 2.32. The first-order valence-electron chi connectivity index (χ1n) is 12.9. The Morgan fingerprint density at radius 3 is 1.58 bits per heavy atom. The van der Waals surface area contributed by atoms with Gasteiger partial charge in [-0.3, -0.25) is 9.59 Å². The molecule has 5 aromatic rings. The summed E-state index contributed by atoms with van der Waals surface area (Å²) in [5, 5.41) is 1.86. The highest BCUT2D eigenvalue weighted by Gasteiger charge is 2.19. The van der Waals surface area contributed by atoms with E-state index in [1.54, 1.807) is 7.11 Å². The van der Waals surface area contributed by atoms with Gasteiger partial charge in [-0.2, -0.15) is 0 Å². The Labute approximate surface area is 222 Å². The average Bonchev–Trinajstić information content (AvgIpc) is 3.27. The maximum atomic E-state index is 13.3. The third-order valence-electron chi connectivity index (χ3n) is 6.92. The van der Waals surface area contributed by atoms with E-state index in [0.29, 0.717) is 35.4 Å². The second kappa shape index (κ2) is 11.1. The third-order valence-corrected chi connectivity index (χ3v) is 6.92. The molecule has 0 aliphatic heterocycles. The summed E-state index contributed by atoms with van der Waals surface area (Å²) in [6.07, 6.45) is -0.0589. The molecule has 0 N–H and O–H groups in total. The maximum Gasteiger partial charge on any atom is 0.193 e. The van der Waals surface area contributed by atoms with Crippen molar-refractivity contribution in [3.63, 3.8) is 0 Å². The number of carbonyl (C=O) groups excluding carboxylic acids is 2. The topological polar surface area (TPSA) is 57.5 Å². The second-order valence-corrected chi connectivity index (χ2v) is 9.66. The standard InChI is InChI=1S/C33H31NO4/c1-22(38-21-23(2)37-3)20-34-30-16-14-26(32(35)24-10-6-4-7-11-24)18-28(30)29-19-27(15-17-31(29)34)33(36)25-12-8-5-9-13-25/h4-19,22-23H,20-21H2,1-3H3. The molecule has 1 heterocycles. The van der Waals surface area contributed by atoms with Crippen LogP contribution >= 0.6 is 0 Å². The number of ether oxygens (including phenoxy) is 2. The Hall–Kier alpha value is -4.06. The minimum Gasteiger partial charge on any atom is -0.379 e. The van der Waals surface area contributed by atoms with Crippen molar-refractivity contribution in [2.24, 2.45) is 0 Å². The van der Waals surface area contributed by atoms with Crippen LogP contribution in [0, 0.1) is 0 Å². The van der Waals surface area contributed by atoms with Crippen molar-refractivity contribution >= 4 is 33.4 Å². The fourth-order valence-corrected chi connectivity index (χ4v) is 4.77. The van der Waals surface area contributed by atoms with Gasteiger partial charge in [0.15, 0.2) is 11.6 Å². The lowest BCUT2D eigenvalue weighted by Crippen LogP contribution is -2.22. The van der Waals surface area contributed by atoms with Gasteiger partial charge in [0.2, 0.25) is 0 Å². The van der Waals surface area contributed by atoms with Crippen LogP contribution in [-0.2, 0) is 16.0 Å². The molecule has 0 amide bonds. The molecule has 1 aromatic heterocycles. The predicted octanol–water partition coefficient (Wildman–Crippen LogP) is 6.70. The first-order chi connectivity index (χ1) is 18.5. The third kappa shape index (κ3) is 5.17. The molecule has 0 radical (unpaired) electrons. The van der Waals surface area contributed by atoms with Gasteiger partial charge in [0.1, 0.15) is 0 Å². The van der Waals surface area contributed by atoms with E-state index in [1.807, 2.05) is 111 Å². The van der Waals surface area contributed by atoms with Crippen LogP contribution in [0.1, 0.15) is 45.7 Å². The molecule has 0 fully saturated rings. The first kappa shape index (κ1) is 25.6. The van der Waals surface area contributed by atoms with Crippen molar-refractivity contribution in [2.75, 3.05) is 13.7 Å². The van der Waals surface area contributed by atoms with Crippen LogP contribution in [0.5, 0.6) is 0 Å². The number of hydrogen-bond acceptors (Lipinski definition) is 4. The molecule has 0 aliphatic rings. The minimum absolute atomic E-state index is 0.00807. The SMILES string of the molecule is COC(C)COC(C)Cn1c2ccc(C(=O)c3ccccc3)cc2c2cc(C(=O)c3ccccc3)ccc21. The van der Waals surface area contributed by atoms with E-state index in [0.717, 1.165) is 21.8 Å². The van der Waals surface area contributed by atoms with E-state index in [2.05, 4.69) is 4.57 Å². The van der Waals surface area contributed by atoms with Crippen LogP contribution in [0.2, 0.25) is 0 Å². The monoisotopic (exact) mass is 505 g/mol. The lowest BCUT2D eigenvalue weighted by atomic mass is 9.99. The first-order valence-corrected chi connectivity index (χ1v) is 12.9. The van der Waals surface area contributed by atoms with Crippen molar-refractivity contribution in [2.45, 2.75) is 32.6 Å². The van der Waals surface area contributed by atoms with Crippen LogP contribution < -0.4 is 0 Å². The number of rotatable bonds is 10. The molecule has 4 aromatic carbocycles. The molecular formula is C33H31NO4. The molecule has 2 unspecified atom stereocenters. The van der Waals surface area contributed by atoms with E-state index in [-0.39, 0.29) is 23.8 Å². The zero-order chi connectivity index (χ0) is 26.6. The molecule has 0 aliphatic carbocycles. The lowest BCUT2D eigenvalue weighted by molar-refractivity contribution is -0.0178. The Kier molecular flexibility index (Phi) is 7.50. The largest absolute Gasteiger partial charge is 0.379 e. The van der Waals surface area contributed by atoms with Crippen LogP contribution in [0.15, 0.2) is 97.1 Å². The summed E-state index contributed by atoms with van der Waals surface area (Å²) in [7, 11) is 1.67. The van der Waals surface area contributed by atoms with Gasteiger partial charge >= 0.3 is 0 Å². The fourth-order valence-electron chi connectivity index (χ4n) is 4.77. The van der Waals surface area contributed by atoms with Crippen molar-refractivity contribution in [1.29, 1.82) is 0 Å². The summed E-state index contributed by atoms with van der Waals surface area (Å²) in [5.41, 5.74) is 4.49. The Morgan fingerprint density at radius 2 is 1.13 bits per heavy atom. The van der Waals surface area contributed by atoms with Gasteiger partial charge in [-0.15, -0.1) is 0 Å². The number of carbonyl (C=O) groups is 2. The van der Waals surface area contributed by atoms with E-state index < -0.39 is 0 Å². The average molecular weight is 506 g/mol. The highest BCUT2D eigenvalue weighted by atomic mass is 16.5. The Balaban J connectivity index is 1.60. The van der Waals surface area contributed by atoms with Gasteiger partial charge in [-0.05, 0) is 50.2 Å². The molecule has 2 atom stereocenters. The van der Waals surface area contributed by atoms with E-state index in [1.165, 1.54) is 0 Å². The predicted molar refractivity (Wildman–Crippen MR) is 151 cm³/mol. The molecule has 192 valence electrons. The molecule has 5 rings (SSSR count). The Bertz CT molecular complexity index is 1480. The van der Waals surface area contributed by atoms with E-state index in [9.17, 15) is 9.59 Å². The minimum atomic E-state index is -0.0670. The molecule has 0 spiro atoms. The van der Waals surface area contributed by atoms with Gasteiger partial charge in [0, 0.05) is 57.7 Å². The molecule has 5 nitrogen and oxygen atoms in total. The van der Waals surface area contributed by atoms with Crippen LogP contribution in [-0.4, -0.2) is 42.1 Å². The number of methoxy groups -OCH3 is 1. The van der Waals surface area contributed by atoms with Crippen molar-refractivity contribution < 1.29 is 19.1 Å². The van der Waals surface area contributed by atoms with Crippen LogP contribution in [0.3, 0.4) is 0 Å². The molecule has 38 heavy (non-hydrogen) atoms. The lowest BCUT2D eigenvalue weighted by Gasteiger charge is -2.18. The van der Waals surface area contributed by atoms with Crippen molar-refractivity contribution in [3.8, 4) is 0 Å². The number of benzene rings is 4. The fraction of sp³-hybridized carbons (Fsp3) is 0.212. The maximum absolute atomic E-state index is 13.3. The van der Waals surface area contributed by atoms with Gasteiger partial charge in [0.25, 0.3) is 0 Å². The summed E-state index contributed by atoms with van der Waals surface area (Å²) in [6.45, 7) is 5.14. The second-order valence-electron chi connectivity index (χ2n) is 9.66. The number of ketones is 2. The van der Waals surface area contributed by atoms with Gasteiger partial charge < -0.3 is 14.0 Å². The van der Waals surface area contributed by atoms with Gasteiger partial charge in [0.05, 0.1) is 18.8 Å². The number of nitrogens with zero attached hydrogens (tertiary/aromatic N) is 1. The summed E-state index contributed by atoms with van der Waals surface area (Å²) in [6, 6.07) is 30.2. The summed E-state index contributed by atoms with van der Waals surface area (Å²) < 4.78 is 13.6. The molecule has 0 saturated carbocycles.